The normalized spacial score (nSPS) is 16.7. The van der Waals surface area contributed by atoms with Crippen molar-refractivity contribution in [1.82, 2.24) is 20.4 Å². The van der Waals surface area contributed by atoms with E-state index in [-0.39, 0.29) is 31.2 Å². The standard InChI is InChI=1S/C13H19FN4O2/c1-4-13(14)6-18(7-13)12(20)15-5-10-8(2)9(3)16-17-11(10)19/h4-7H2,1-3H3,(H,15,20)(H,17,19). The summed E-state index contributed by atoms with van der Waals surface area (Å²) < 4.78 is 13.7. The quantitative estimate of drug-likeness (QED) is 0.869. The van der Waals surface area contributed by atoms with Crippen LogP contribution in [0.15, 0.2) is 4.79 Å². The van der Waals surface area contributed by atoms with Gasteiger partial charge >= 0.3 is 6.03 Å². The van der Waals surface area contributed by atoms with Crippen molar-refractivity contribution in [2.75, 3.05) is 13.1 Å². The van der Waals surface area contributed by atoms with Gasteiger partial charge in [0.15, 0.2) is 0 Å². The maximum absolute atomic E-state index is 13.7. The lowest BCUT2D eigenvalue weighted by Gasteiger charge is -2.43. The molecule has 2 N–H and O–H groups in total. The molecule has 0 aromatic carbocycles. The number of halogens is 1. The highest BCUT2D eigenvalue weighted by molar-refractivity contribution is 5.75. The van der Waals surface area contributed by atoms with Crippen molar-refractivity contribution >= 4 is 6.03 Å². The van der Waals surface area contributed by atoms with Crippen molar-refractivity contribution in [1.29, 1.82) is 0 Å². The second-order valence-corrected chi connectivity index (χ2v) is 5.26. The monoisotopic (exact) mass is 282 g/mol. The molecule has 0 spiro atoms. The van der Waals surface area contributed by atoms with Crippen LogP contribution >= 0.6 is 0 Å². The number of amides is 2. The SMILES string of the molecule is CCC1(F)CN(C(=O)NCc2c(C)c(C)n[nH]c2=O)C1. The molecule has 2 amide bonds. The number of aromatic nitrogens is 2. The van der Waals surface area contributed by atoms with Crippen molar-refractivity contribution in [2.24, 2.45) is 0 Å². The van der Waals surface area contributed by atoms with Gasteiger partial charge in [0.1, 0.15) is 5.67 Å². The third-order valence-electron chi connectivity index (χ3n) is 3.88. The predicted octanol–water partition coefficient (Wildman–Crippen LogP) is 1.03. The van der Waals surface area contributed by atoms with Crippen molar-refractivity contribution in [3.8, 4) is 0 Å². The highest BCUT2D eigenvalue weighted by atomic mass is 19.1. The fourth-order valence-corrected chi connectivity index (χ4v) is 2.17. The summed E-state index contributed by atoms with van der Waals surface area (Å²) in [7, 11) is 0. The van der Waals surface area contributed by atoms with E-state index >= 15 is 0 Å². The molecule has 6 nitrogen and oxygen atoms in total. The van der Waals surface area contributed by atoms with E-state index in [2.05, 4.69) is 15.5 Å². The van der Waals surface area contributed by atoms with Crippen LogP contribution in [-0.4, -0.2) is 39.9 Å². The maximum Gasteiger partial charge on any atom is 0.317 e. The van der Waals surface area contributed by atoms with Crippen LogP contribution < -0.4 is 10.9 Å². The number of nitrogens with one attached hydrogen (secondary N) is 2. The van der Waals surface area contributed by atoms with Crippen molar-refractivity contribution in [3.63, 3.8) is 0 Å². The largest absolute Gasteiger partial charge is 0.334 e. The van der Waals surface area contributed by atoms with Gasteiger partial charge in [-0.2, -0.15) is 5.10 Å². The summed E-state index contributed by atoms with van der Waals surface area (Å²) in [6, 6.07) is -0.347. The van der Waals surface area contributed by atoms with Gasteiger partial charge in [-0.15, -0.1) is 0 Å². The van der Waals surface area contributed by atoms with E-state index in [0.29, 0.717) is 17.7 Å². The molecule has 1 fully saturated rings. The maximum atomic E-state index is 13.7. The Labute approximate surface area is 116 Å². The number of aryl methyl sites for hydroxylation is 1. The molecule has 1 aliphatic rings. The van der Waals surface area contributed by atoms with E-state index in [4.69, 9.17) is 0 Å². The van der Waals surface area contributed by atoms with Crippen LogP contribution in [0, 0.1) is 13.8 Å². The summed E-state index contributed by atoms with van der Waals surface area (Å²) in [6.45, 7) is 5.67. The van der Waals surface area contributed by atoms with E-state index < -0.39 is 5.67 Å². The van der Waals surface area contributed by atoms with E-state index in [1.165, 1.54) is 4.90 Å². The summed E-state index contributed by atoms with van der Waals surface area (Å²) in [4.78, 5) is 24.9. The Balaban J connectivity index is 1.96. The van der Waals surface area contributed by atoms with Gasteiger partial charge in [0, 0.05) is 5.56 Å². The lowest BCUT2D eigenvalue weighted by Crippen LogP contribution is -2.62. The molecular formula is C13H19FN4O2. The van der Waals surface area contributed by atoms with E-state index in [1.807, 2.05) is 0 Å². The topological polar surface area (TPSA) is 78.1 Å². The number of H-pyrrole nitrogens is 1. The molecular weight excluding hydrogens is 263 g/mol. The smallest absolute Gasteiger partial charge is 0.317 e. The first-order valence-electron chi connectivity index (χ1n) is 6.63. The van der Waals surface area contributed by atoms with Gasteiger partial charge in [0.05, 0.1) is 25.3 Å². The number of rotatable bonds is 3. The van der Waals surface area contributed by atoms with Gasteiger partial charge in [-0.3, -0.25) is 4.79 Å². The minimum Gasteiger partial charge on any atom is -0.334 e. The van der Waals surface area contributed by atoms with Crippen LogP contribution in [0.2, 0.25) is 0 Å². The van der Waals surface area contributed by atoms with Gasteiger partial charge in [-0.25, -0.2) is 14.3 Å². The number of nitrogens with zero attached hydrogens (tertiary/aromatic N) is 2. The number of carbonyl (C=O) groups excluding carboxylic acids is 1. The Morgan fingerprint density at radius 2 is 2.15 bits per heavy atom. The second kappa shape index (κ2) is 5.22. The Morgan fingerprint density at radius 1 is 1.50 bits per heavy atom. The minimum absolute atomic E-state index is 0.111. The zero-order valence-electron chi connectivity index (χ0n) is 11.9. The minimum atomic E-state index is -1.25. The average molecular weight is 282 g/mol. The average Bonchev–Trinajstić information content (AvgIpc) is 2.39. The fraction of sp³-hybridized carbons (Fsp3) is 0.615. The summed E-state index contributed by atoms with van der Waals surface area (Å²) in [5, 5.41) is 8.87. The highest BCUT2D eigenvalue weighted by Gasteiger charge is 2.44. The first-order valence-corrected chi connectivity index (χ1v) is 6.63. The van der Waals surface area contributed by atoms with E-state index in [1.54, 1.807) is 20.8 Å². The first-order chi connectivity index (χ1) is 9.36. The summed E-state index contributed by atoms with van der Waals surface area (Å²) >= 11 is 0. The van der Waals surface area contributed by atoms with Crippen LogP contribution in [0.5, 0.6) is 0 Å². The molecule has 0 aliphatic carbocycles. The number of urea groups is 1. The zero-order valence-corrected chi connectivity index (χ0v) is 11.9. The Morgan fingerprint density at radius 3 is 2.75 bits per heavy atom. The highest BCUT2D eigenvalue weighted by Crippen LogP contribution is 2.28. The van der Waals surface area contributed by atoms with E-state index in [0.717, 1.165) is 5.56 Å². The van der Waals surface area contributed by atoms with Crippen LogP contribution in [0.3, 0.4) is 0 Å². The third-order valence-corrected chi connectivity index (χ3v) is 3.88. The zero-order chi connectivity index (χ0) is 14.9. The van der Waals surface area contributed by atoms with Gasteiger partial charge in [0.25, 0.3) is 5.56 Å². The summed E-state index contributed by atoms with van der Waals surface area (Å²) in [6.07, 6.45) is 0.402. The van der Waals surface area contributed by atoms with E-state index in [9.17, 15) is 14.0 Å². The molecule has 2 rings (SSSR count). The van der Waals surface area contributed by atoms with Gasteiger partial charge in [-0.1, -0.05) is 6.92 Å². The molecule has 1 saturated heterocycles. The second-order valence-electron chi connectivity index (χ2n) is 5.26. The van der Waals surface area contributed by atoms with Crippen molar-refractivity contribution < 1.29 is 9.18 Å². The molecule has 1 aromatic rings. The third kappa shape index (κ3) is 2.66. The summed E-state index contributed by atoms with van der Waals surface area (Å²) in [5.41, 5.74) is 0.384. The molecule has 7 heteroatoms. The van der Waals surface area contributed by atoms with Gasteiger partial charge in [-0.05, 0) is 25.8 Å². The molecule has 1 aromatic heterocycles. The molecule has 0 saturated carbocycles. The summed E-state index contributed by atoms with van der Waals surface area (Å²) in [5.74, 6) is 0. The number of hydrogen-bond acceptors (Lipinski definition) is 3. The lowest BCUT2D eigenvalue weighted by atomic mass is 9.94. The number of likely N-dealkylation sites (tertiary alicyclic amines) is 1. The van der Waals surface area contributed by atoms with Gasteiger partial charge < -0.3 is 10.2 Å². The molecule has 2 heterocycles. The number of aromatic amines is 1. The molecule has 0 atom stereocenters. The molecule has 0 bridgehead atoms. The Bertz CT molecular complexity index is 578. The number of alkyl halides is 1. The molecule has 1 aliphatic heterocycles. The van der Waals surface area contributed by atoms with Crippen LogP contribution in [0.1, 0.15) is 30.2 Å². The number of carbonyl (C=O) groups is 1. The fourth-order valence-electron chi connectivity index (χ4n) is 2.17. The van der Waals surface area contributed by atoms with Crippen LogP contribution in [0.25, 0.3) is 0 Å². The van der Waals surface area contributed by atoms with Gasteiger partial charge in [0.2, 0.25) is 0 Å². The Kier molecular flexibility index (Phi) is 3.78. The van der Waals surface area contributed by atoms with Crippen molar-refractivity contribution in [2.45, 2.75) is 39.4 Å². The molecule has 110 valence electrons. The van der Waals surface area contributed by atoms with Crippen molar-refractivity contribution in [3.05, 3.63) is 27.2 Å². The Hall–Kier alpha value is -1.92. The molecule has 0 radical (unpaired) electrons. The lowest BCUT2D eigenvalue weighted by molar-refractivity contribution is -0.00789. The van der Waals surface area contributed by atoms with Crippen LogP contribution in [-0.2, 0) is 6.54 Å². The van der Waals surface area contributed by atoms with Crippen LogP contribution in [0.4, 0.5) is 9.18 Å². The number of hydrogen-bond donors (Lipinski definition) is 2. The molecule has 0 unspecified atom stereocenters. The predicted molar refractivity (Wildman–Crippen MR) is 72.3 cm³/mol. The molecule has 20 heavy (non-hydrogen) atoms. The first kappa shape index (κ1) is 14.5.